The van der Waals surface area contributed by atoms with Gasteiger partial charge in [0.25, 0.3) is 5.91 Å². The van der Waals surface area contributed by atoms with Crippen LogP contribution in [0.5, 0.6) is 5.75 Å². The van der Waals surface area contributed by atoms with Crippen LogP contribution in [-0.2, 0) is 19.5 Å². The van der Waals surface area contributed by atoms with Crippen molar-refractivity contribution < 1.29 is 9.53 Å². The number of aromatic nitrogens is 1. The maximum absolute atomic E-state index is 12.6. The molecule has 1 aliphatic rings. The van der Waals surface area contributed by atoms with Crippen LogP contribution in [0.15, 0.2) is 53.9 Å². The summed E-state index contributed by atoms with van der Waals surface area (Å²) < 4.78 is 5.55. The van der Waals surface area contributed by atoms with Crippen LogP contribution in [0.25, 0.3) is 0 Å². The third-order valence-electron chi connectivity index (χ3n) is 4.80. The molecule has 1 N–H and O–H groups in total. The normalized spacial score (nSPS) is 13.8. The van der Waals surface area contributed by atoms with E-state index in [0.29, 0.717) is 23.1 Å². The van der Waals surface area contributed by atoms with Crippen molar-refractivity contribution in [2.45, 2.75) is 26.4 Å². The van der Waals surface area contributed by atoms with Gasteiger partial charge in [0, 0.05) is 25.0 Å². The zero-order chi connectivity index (χ0) is 19.3. The Hall–Kier alpha value is -2.70. The fraction of sp³-hybridized carbons (Fsp3) is 0.273. The molecular formula is C22H23N3O2S. The largest absolute Gasteiger partial charge is 0.493 e. The minimum absolute atomic E-state index is 0.197. The van der Waals surface area contributed by atoms with Gasteiger partial charge in [-0.05, 0) is 36.6 Å². The van der Waals surface area contributed by atoms with Crippen molar-refractivity contribution in [1.82, 2.24) is 9.88 Å². The maximum Gasteiger partial charge on any atom is 0.261 e. The van der Waals surface area contributed by atoms with Gasteiger partial charge in [-0.15, -0.1) is 11.3 Å². The number of amides is 1. The number of carbonyl (C=O) groups is 1. The molecule has 1 amide bonds. The number of rotatable bonds is 6. The molecular weight excluding hydrogens is 370 g/mol. The average molecular weight is 394 g/mol. The first-order chi connectivity index (χ1) is 13.7. The number of para-hydroxylation sites is 1. The molecule has 1 aliphatic heterocycles. The Kier molecular flexibility index (Phi) is 5.69. The molecule has 0 saturated carbocycles. The van der Waals surface area contributed by atoms with E-state index >= 15 is 0 Å². The van der Waals surface area contributed by atoms with Gasteiger partial charge in [0.05, 0.1) is 17.9 Å². The lowest BCUT2D eigenvalue weighted by molar-refractivity contribution is 0.102. The molecule has 0 spiro atoms. The Morgan fingerprint density at radius 1 is 1.18 bits per heavy atom. The number of hydrogen-bond acceptors (Lipinski definition) is 5. The summed E-state index contributed by atoms with van der Waals surface area (Å²) >= 11 is 1.46. The van der Waals surface area contributed by atoms with Gasteiger partial charge in [-0.2, -0.15) is 0 Å². The molecule has 0 atom stereocenters. The second-order valence-electron chi connectivity index (χ2n) is 6.76. The summed E-state index contributed by atoms with van der Waals surface area (Å²) in [6, 6.07) is 15.9. The van der Waals surface area contributed by atoms with Gasteiger partial charge >= 0.3 is 0 Å². The highest BCUT2D eigenvalue weighted by Crippen LogP contribution is 2.24. The van der Waals surface area contributed by atoms with Crippen molar-refractivity contribution in [3.63, 3.8) is 0 Å². The van der Waals surface area contributed by atoms with Crippen molar-refractivity contribution >= 4 is 22.4 Å². The van der Waals surface area contributed by atoms with Crippen molar-refractivity contribution in [2.24, 2.45) is 0 Å². The third-order valence-corrected chi connectivity index (χ3v) is 5.61. The first kappa shape index (κ1) is 18.7. The summed E-state index contributed by atoms with van der Waals surface area (Å²) in [4.78, 5) is 19.6. The average Bonchev–Trinajstić information content (AvgIpc) is 3.15. The third kappa shape index (κ3) is 4.24. The molecule has 0 radical (unpaired) electrons. The first-order valence-corrected chi connectivity index (χ1v) is 10.4. The quantitative estimate of drug-likeness (QED) is 0.676. The summed E-state index contributed by atoms with van der Waals surface area (Å²) in [5.41, 5.74) is 4.34. The van der Waals surface area contributed by atoms with E-state index in [2.05, 4.69) is 39.5 Å². The van der Waals surface area contributed by atoms with Crippen molar-refractivity contribution in [1.29, 1.82) is 0 Å². The van der Waals surface area contributed by atoms with Gasteiger partial charge in [0.2, 0.25) is 0 Å². The van der Waals surface area contributed by atoms with E-state index in [9.17, 15) is 4.79 Å². The fourth-order valence-electron chi connectivity index (χ4n) is 3.46. The standard InChI is InChI=1S/C22H23N3O2S/c1-2-27-20-10-6-5-9-19(20)21(26)24-22-23-18(15-28-22)14-25-12-11-16-7-3-4-8-17(16)13-25/h3-10,15H,2,11-14H2,1H3,(H,23,24,26). The topological polar surface area (TPSA) is 54.5 Å². The van der Waals surface area contributed by atoms with E-state index in [4.69, 9.17) is 4.74 Å². The number of benzene rings is 2. The van der Waals surface area contributed by atoms with Crippen LogP contribution < -0.4 is 10.1 Å². The van der Waals surface area contributed by atoms with E-state index in [1.54, 1.807) is 12.1 Å². The van der Waals surface area contributed by atoms with Crippen LogP contribution >= 0.6 is 11.3 Å². The molecule has 3 aromatic rings. The smallest absolute Gasteiger partial charge is 0.261 e. The van der Waals surface area contributed by atoms with Crippen LogP contribution in [0.3, 0.4) is 0 Å². The van der Waals surface area contributed by atoms with Crippen LogP contribution in [0.4, 0.5) is 5.13 Å². The molecule has 0 bridgehead atoms. The SMILES string of the molecule is CCOc1ccccc1C(=O)Nc1nc(CN2CCc3ccccc3C2)cs1. The monoisotopic (exact) mass is 393 g/mol. The molecule has 0 saturated heterocycles. The summed E-state index contributed by atoms with van der Waals surface area (Å²) in [7, 11) is 0. The molecule has 144 valence electrons. The molecule has 1 aromatic heterocycles. The molecule has 5 nitrogen and oxygen atoms in total. The van der Waals surface area contributed by atoms with Gasteiger partial charge in [0.15, 0.2) is 5.13 Å². The van der Waals surface area contributed by atoms with Gasteiger partial charge in [0.1, 0.15) is 5.75 Å². The van der Waals surface area contributed by atoms with Gasteiger partial charge in [-0.3, -0.25) is 15.0 Å². The number of thiazole rings is 1. The number of anilines is 1. The fourth-order valence-corrected chi connectivity index (χ4v) is 4.15. The van der Waals surface area contributed by atoms with Crippen molar-refractivity contribution in [2.75, 3.05) is 18.5 Å². The Morgan fingerprint density at radius 2 is 1.96 bits per heavy atom. The lowest BCUT2D eigenvalue weighted by Gasteiger charge is -2.27. The Balaban J connectivity index is 1.39. The van der Waals surface area contributed by atoms with E-state index < -0.39 is 0 Å². The molecule has 28 heavy (non-hydrogen) atoms. The lowest BCUT2D eigenvalue weighted by atomic mass is 10.00. The summed E-state index contributed by atoms with van der Waals surface area (Å²) in [5.74, 6) is 0.392. The summed E-state index contributed by atoms with van der Waals surface area (Å²) in [6.45, 7) is 5.18. The first-order valence-electron chi connectivity index (χ1n) is 9.49. The van der Waals surface area contributed by atoms with Gasteiger partial charge in [-0.25, -0.2) is 4.98 Å². The molecule has 0 unspecified atom stereocenters. The van der Waals surface area contributed by atoms with E-state index in [1.165, 1.54) is 22.5 Å². The van der Waals surface area contributed by atoms with Crippen molar-refractivity contribution in [3.05, 3.63) is 76.3 Å². The number of ether oxygens (including phenoxy) is 1. The number of fused-ring (bicyclic) bond motifs is 1. The molecule has 0 aliphatic carbocycles. The molecule has 2 heterocycles. The van der Waals surface area contributed by atoms with Gasteiger partial charge in [-0.1, -0.05) is 36.4 Å². The highest BCUT2D eigenvalue weighted by Gasteiger charge is 2.18. The van der Waals surface area contributed by atoms with E-state index in [1.807, 2.05) is 24.4 Å². The minimum Gasteiger partial charge on any atom is -0.493 e. The second kappa shape index (κ2) is 8.54. The van der Waals surface area contributed by atoms with Gasteiger partial charge < -0.3 is 4.74 Å². The molecule has 4 rings (SSSR count). The molecule has 2 aromatic carbocycles. The summed E-state index contributed by atoms with van der Waals surface area (Å²) in [5, 5.41) is 5.53. The van der Waals surface area contributed by atoms with Crippen LogP contribution in [-0.4, -0.2) is 28.9 Å². The summed E-state index contributed by atoms with van der Waals surface area (Å²) in [6.07, 6.45) is 1.07. The highest BCUT2D eigenvalue weighted by atomic mass is 32.1. The zero-order valence-electron chi connectivity index (χ0n) is 15.9. The second-order valence-corrected chi connectivity index (χ2v) is 7.61. The number of carbonyl (C=O) groups excluding carboxylic acids is 1. The zero-order valence-corrected chi connectivity index (χ0v) is 16.7. The molecule has 0 fully saturated rings. The predicted octanol–water partition coefficient (Wildman–Crippen LogP) is 4.35. The van der Waals surface area contributed by atoms with Crippen LogP contribution in [0.1, 0.15) is 34.1 Å². The predicted molar refractivity (Wildman–Crippen MR) is 112 cm³/mol. The van der Waals surface area contributed by atoms with E-state index in [-0.39, 0.29) is 5.91 Å². The Labute approximate surface area is 169 Å². The number of nitrogens with zero attached hydrogens (tertiary/aromatic N) is 2. The minimum atomic E-state index is -0.197. The van der Waals surface area contributed by atoms with Crippen molar-refractivity contribution in [3.8, 4) is 5.75 Å². The lowest BCUT2D eigenvalue weighted by Crippen LogP contribution is -2.30. The highest BCUT2D eigenvalue weighted by molar-refractivity contribution is 7.14. The molecule has 6 heteroatoms. The van der Waals surface area contributed by atoms with Crippen LogP contribution in [0.2, 0.25) is 0 Å². The van der Waals surface area contributed by atoms with E-state index in [0.717, 1.165) is 31.7 Å². The van der Waals surface area contributed by atoms with Crippen LogP contribution in [0, 0.1) is 0 Å². The Morgan fingerprint density at radius 3 is 2.82 bits per heavy atom. The number of nitrogens with one attached hydrogen (secondary N) is 1. The number of hydrogen-bond donors (Lipinski definition) is 1. The Bertz CT molecular complexity index is 970. The maximum atomic E-state index is 12.6.